The van der Waals surface area contributed by atoms with Crippen molar-refractivity contribution in [1.82, 2.24) is 4.31 Å². The number of nitrogens with two attached hydrogens (primary N) is 1. The summed E-state index contributed by atoms with van der Waals surface area (Å²) >= 11 is 3.30. The Morgan fingerprint density at radius 1 is 1.38 bits per heavy atom. The molecule has 0 bridgehead atoms. The van der Waals surface area contributed by atoms with E-state index >= 15 is 0 Å². The number of piperidine rings is 1. The van der Waals surface area contributed by atoms with Gasteiger partial charge in [-0.05, 0) is 46.5 Å². The van der Waals surface area contributed by atoms with Crippen LogP contribution in [0.15, 0.2) is 21.5 Å². The molecule has 2 aliphatic heterocycles. The van der Waals surface area contributed by atoms with Crippen LogP contribution in [-0.2, 0) is 21.2 Å². The van der Waals surface area contributed by atoms with E-state index in [1.165, 1.54) is 4.31 Å². The number of hydrogen-bond acceptors (Lipinski definition) is 4. The number of fused-ring (bicyclic) bond motifs is 1. The average Bonchev–Trinajstić information content (AvgIpc) is 2.76. The van der Waals surface area contributed by atoms with Crippen LogP contribution < -0.4 is 11.1 Å². The van der Waals surface area contributed by atoms with Gasteiger partial charge in [-0.1, -0.05) is 0 Å². The lowest BCUT2D eigenvalue weighted by atomic mass is 10.1. The van der Waals surface area contributed by atoms with Gasteiger partial charge in [0, 0.05) is 29.3 Å². The number of amides is 1. The molecule has 21 heavy (non-hydrogen) atoms. The zero-order chi connectivity index (χ0) is 15.2. The quantitative estimate of drug-likeness (QED) is 0.810. The van der Waals surface area contributed by atoms with E-state index in [2.05, 4.69) is 21.2 Å². The molecular weight excluding hydrogens is 358 g/mol. The van der Waals surface area contributed by atoms with Gasteiger partial charge in [-0.3, -0.25) is 4.79 Å². The topological polar surface area (TPSA) is 92.5 Å². The Kier molecular flexibility index (Phi) is 3.81. The maximum Gasteiger partial charge on any atom is 0.244 e. The van der Waals surface area contributed by atoms with Crippen LogP contribution in [0.25, 0.3) is 0 Å². The minimum absolute atomic E-state index is 0.119. The molecule has 8 heteroatoms. The number of benzene rings is 1. The van der Waals surface area contributed by atoms with E-state index in [0.717, 1.165) is 12.8 Å². The Labute approximate surface area is 131 Å². The second-order valence-corrected chi connectivity index (χ2v) is 8.19. The average molecular weight is 374 g/mol. The van der Waals surface area contributed by atoms with Crippen molar-refractivity contribution in [3.05, 3.63) is 22.2 Å². The van der Waals surface area contributed by atoms with Gasteiger partial charge in [0.2, 0.25) is 15.9 Å². The largest absolute Gasteiger partial charge is 0.327 e. The van der Waals surface area contributed by atoms with Crippen molar-refractivity contribution in [2.75, 3.05) is 18.4 Å². The third-order valence-electron chi connectivity index (χ3n) is 3.82. The van der Waals surface area contributed by atoms with E-state index in [9.17, 15) is 13.2 Å². The zero-order valence-electron chi connectivity index (χ0n) is 11.3. The van der Waals surface area contributed by atoms with Crippen molar-refractivity contribution in [2.45, 2.75) is 30.2 Å². The van der Waals surface area contributed by atoms with Crippen LogP contribution >= 0.6 is 15.9 Å². The van der Waals surface area contributed by atoms with Crippen LogP contribution in [-0.4, -0.2) is 37.8 Å². The van der Waals surface area contributed by atoms with Gasteiger partial charge >= 0.3 is 0 Å². The number of halogens is 1. The molecule has 3 rings (SSSR count). The second-order valence-electron chi connectivity index (χ2n) is 5.43. The van der Waals surface area contributed by atoms with Crippen LogP contribution in [0.4, 0.5) is 5.69 Å². The van der Waals surface area contributed by atoms with Gasteiger partial charge in [-0.15, -0.1) is 0 Å². The fourth-order valence-electron chi connectivity index (χ4n) is 2.75. The molecule has 2 heterocycles. The van der Waals surface area contributed by atoms with Crippen molar-refractivity contribution in [2.24, 2.45) is 5.73 Å². The summed E-state index contributed by atoms with van der Waals surface area (Å²) in [6.07, 6.45) is 1.82. The standard InChI is InChI=1S/C13H16BrN3O3S/c14-10-6-11-8(5-13(18)16-11)4-12(10)21(19,20)17-3-1-2-9(15)7-17/h4,6,9H,1-3,5,7,15H2,(H,16,18). The Morgan fingerprint density at radius 2 is 2.14 bits per heavy atom. The van der Waals surface area contributed by atoms with Gasteiger partial charge in [-0.2, -0.15) is 4.31 Å². The molecule has 1 saturated heterocycles. The highest BCUT2D eigenvalue weighted by molar-refractivity contribution is 9.10. The Bertz CT molecular complexity index is 705. The molecule has 0 spiro atoms. The Morgan fingerprint density at radius 3 is 2.86 bits per heavy atom. The predicted molar refractivity (Wildman–Crippen MR) is 82.4 cm³/mol. The predicted octanol–water partition coefficient (Wildman–Crippen LogP) is 1.06. The molecule has 114 valence electrons. The fraction of sp³-hybridized carbons (Fsp3) is 0.462. The first-order valence-electron chi connectivity index (χ1n) is 6.76. The molecule has 1 atom stereocenters. The molecule has 0 saturated carbocycles. The lowest BCUT2D eigenvalue weighted by Gasteiger charge is -2.30. The van der Waals surface area contributed by atoms with Crippen molar-refractivity contribution < 1.29 is 13.2 Å². The van der Waals surface area contributed by atoms with E-state index in [1.54, 1.807) is 12.1 Å². The number of carbonyl (C=O) groups excluding carboxylic acids is 1. The summed E-state index contributed by atoms with van der Waals surface area (Å²) in [5.41, 5.74) is 7.25. The van der Waals surface area contributed by atoms with E-state index in [4.69, 9.17) is 5.73 Å². The Hall–Kier alpha value is -0.960. The van der Waals surface area contributed by atoms with Gasteiger partial charge in [0.05, 0.1) is 11.3 Å². The molecular formula is C13H16BrN3O3S. The molecule has 1 aromatic carbocycles. The fourth-order valence-corrected chi connectivity index (χ4v) is 5.34. The highest BCUT2D eigenvalue weighted by atomic mass is 79.9. The van der Waals surface area contributed by atoms with Gasteiger partial charge < -0.3 is 11.1 Å². The lowest BCUT2D eigenvalue weighted by Crippen LogP contribution is -2.45. The monoisotopic (exact) mass is 373 g/mol. The number of rotatable bonds is 2. The van der Waals surface area contributed by atoms with Gasteiger partial charge in [-0.25, -0.2) is 8.42 Å². The van der Waals surface area contributed by atoms with E-state index in [-0.39, 0.29) is 23.3 Å². The summed E-state index contributed by atoms with van der Waals surface area (Å²) < 4.78 is 27.4. The van der Waals surface area contributed by atoms with Crippen LogP contribution in [0.2, 0.25) is 0 Å². The number of nitrogens with zero attached hydrogens (tertiary/aromatic N) is 1. The van der Waals surface area contributed by atoms with Crippen molar-refractivity contribution in [3.8, 4) is 0 Å². The normalized spacial score (nSPS) is 23.0. The minimum Gasteiger partial charge on any atom is -0.327 e. The van der Waals surface area contributed by atoms with Crippen LogP contribution in [0, 0.1) is 0 Å². The molecule has 1 unspecified atom stereocenters. The number of nitrogens with one attached hydrogen (secondary N) is 1. The second kappa shape index (κ2) is 5.35. The van der Waals surface area contributed by atoms with Crippen molar-refractivity contribution in [3.63, 3.8) is 0 Å². The third kappa shape index (κ3) is 2.73. The summed E-state index contributed by atoms with van der Waals surface area (Å²) in [7, 11) is -3.60. The number of carbonyl (C=O) groups is 1. The van der Waals surface area contributed by atoms with E-state index in [1.807, 2.05) is 0 Å². The minimum atomic E-state index is -3.60. The molecule has 2 aliphatic rings. The molecule has 0 aromatic heterocycles. The van der Waals surface area contributed by atoms with Gasteiger partial charge in [0.1, 0.15) is 0 Å². The number of hydrogen-bond donors (Lipinski definition) is 2. The summed E-state index contributed by atoms with van der Waals surface area (Å²) in [5.74, 6) is -0.119. The van der Waals surface area contributed by atoms with Crippen LogP contribution in [0.1, 0.15) is 18.4 Å². The van der Waals surface area contributed by atoms with Gasteiger partial charge in [0.25, 0.3) is 0 Å². The summed E-state index contributed by atoms with van der Waals surface area (Å²) in [6.45, 7) is 0.819. The molecule has 1 fully saturated rings. The highest BCUT2D eigenvalue weighted by Crippen LogP contribution is 2.34. The first kappa shape index (κ1) is 15.0. The Balaban J connectivity index is 2.00. The molecule has 0 radical (unpaired) electrons. The van der Waals surface area contributed by atoms with Crippen molar-refractivity contribution >= 4 is 37.5 Å². The maximum absolute atomic E-state index is 12.8. The third-order valence-corrected chi connectivity index (χ3v) is 6.64. The lowest BCUT2D eigenvalue weighted by molar-refractivity contribution is -0.115. The number of sulfonamides is 1. The van der Waals surface area contributed by atoms with Gasteiger partial charge in [0.15, 0.2) is 0 Å². The summed E-state index contributed by atoms with van der Waals surface area (Å²) in [4.78, 5) is 11.6. The van der Waals surface area contributed by atoms with Crippen LogP contribution in [0.3, 0.4) is 0 Å². The molecule has 3 N–H and O–H groups in total. The first-order chi connectivity index (χ1) is 9.88. The molecule has 1 aromatic rings. The molecule has 0 aliphatic carbocycles. The van der Waals surface area contributed by atoms with E-state index in [0.29, 0.717) is 28.8 Å². The van der Waals surface area contributed by atoms with Crippen LogP contribution in [0.5, 0.6) is 0 Å². The zero-order valence-corrected chi connectivity index (χ0v) is 13.7. The van der Waals surface area contributed by atoms with E-state index < -0.39 is 10.0 Å². The summed E-state index contributed by atoms with van der Waals surface area (Å²) in [5, 5.41) is 2.71. The SMILES string of the molecule is NC1CCCN(S(=O)(=O)c2cc3c(cc2Br)NC(=O)C3)C1. The smallest absolute Gasteiger partial charge is 0.244 e. The number of anilines is 1. The molecule has 1 amide bonds. The van der Waals surface area contributed by atoms with Crippen molar-refractivity contribution in [1.29, 1.82) is 0 Å². The molecule has 6 nitrogen and oxygen atoms in total. The highest BCUT2D eigenvalue weighted by Gasteiger charge is 2.32. The summed E-state index contributed by atoms with van der Waals surface area (Å²) in [6, 6.07) is 3.11. The first-order valence-corrected chi connectivity index (χ1v) is 8.99. The maximum atomic E-state index is 12.8.